The van der Waals surface area contributed by atoms with Crippen LogP contribution in [0.25, 0.3) is 21.5 Å². The summed E-state index contributed by atoms with van der Waals surface area (Å²) < 4.78 is 0. The highest BCUT2D eigenvalue weighted by Crippen LogP contribution is 2.42. The van der Waals surface area contributed by atoms with Gasteiger partial charge in [0.1, 0.15) is 0 Å². The third kappa shape index (κ3) is 1.44. The molecule has 17 heavy (non-hydrogen) atoms. The first kappa shape index (κ1) is 9.23. The molecule has 0 spiro atoms. The zero-order chi connectivity index (χ0) is 11.2. The minimum Gasteiger partial charge on any atom is -0.0616 e. The summed E-state index contributed by atoms with van der Waals surface area (Å²) in [6.45, 7) is 0. The Hall–Kier alpha value is -1.82. The summed E-state index contributed by atoms with van der Waals surface area (Å²) in [5.41, 5.74) is 1.47. The predicted molar refractivity (Wildman–Crippen MR) is 73.0 cm³/mol. The van der Waals surface area contributed by atoms with Crippen molar-refractivity contribution in [2.24, 2.45) is 0 Å². The van der Waals surface area contributed by atoms with Gasteiger partial charge in [-0.25, -0.2) is 0 Å². The Morgan fingerprint density at radius 2 is 1.35 bits per heavy atom. The molecule has 0 heterocycles. The maximum absolute atomic E-state index is 2.34. The molecule has 0 nitrogen and oxygen atoms in total. The molecular weight excluding hydrogens is 204 g/mol. The van der Waals surface area contributed by atoms with Crippen LogP contribution in [0, 0.1) is 5.92 Å². The zero-order valence-corrected chi connectivity index (χ0v) is 9.61. The molecule has 0 unspecified atom stereocenters. The van der Waals surface area contributed by atoms with E-state index >= 15 is 0 Å². The van der Waals surface area contributed by atoms with Crippen molar-refractivity contribution in [1.82, 2.24) is 0 Å². The van der Waals surface area contributed by atoms with Gasteiger partial charge in [0.05, 0.1) is 0 Å². The lowest BCUT2D eigenvalue weighted by molar-refractivity contribution is 1.46. The molecule has 1 fully saturated rings. The molecule has 0 saturated heterocycles. The summed E-state index contributed by atoms with van der Waals surface area (Å²) in [6.07, 6.45) is 2.57. The minimum atomic E-state index is 1.28. The van der Waals surface area contributed by atoms with Crippen molar-refractivity contribution in [2.75, 3.05) is 0 Å². The van der Waals surface area contributed by atoms with Gasteiger partial charge >= 0.3 is 0 Å². The second-order valence-electron chi connectivity index (χ2n) is 4.83. The van der Waals surface area contributed by atoms with Gasteiger partial charge in [0.25, 0.3) is 0 Å². The smallest absolute Gasteiger partial charge is 0.00568 e. The third-order valence-electron chi connectivity index (χ3n) is 3.63. The Kier molecular flexibility index (Phi) is 1.81. The molecule has 0 aromatic heterocycles. The van der Waals surface area contributed by atoms with Gasteiger partial charge < -0.3 is 0 Å². The van der Waals surface area contributed by atoms with E-state index in [1.165, 1.54) is 39.9 Å². The lowest BCUT2D eigenvalue weighted by atomic mass is 9.97. The monoisotopic (exact) mass is 217 g/mol. The van der Waals surface area contributed by atoms with Crippen molar-refractivity contribution in [3.05, 3.63) is 66.1 Å². The van der Waals surface area contributed by atoms with Gasteiger partial charge in [-0.3, -0.25) is 0 Å². The van der Waals surface area contributed by atoms with Crippen LogP contribution in [0.1, 0.15) is 18.4 Å². The van der Waals surface area contributed by atoms with Gasteiger partial charge in [-0.05, 0) is 52.1 Å². The van der Waals surface area contributed by atoms with Crippen LogP contribution >= 0.6 is 0 Å². The highest BCUT2D eigenvalue weighted by molar-refractivity contribution is 6.00. The van der Waals surface area contributed by atoms with Gasteiger partial charge in [-0.15, -0.1) is 0 Å². The molecular formula is C17H13. The molecule has 1 aliphatic carbocycles. The van der Waals surface area contributed by atoms with E-state index in [1.807, 2.05) is 0 Å². The molecule has 4 rings (SSSR count). The molecule has 0 heteroatoms. The molecule has 0 bridgehead atoms. The highest BCUT2D eigenvalue weighted by atomic mass is 14.3. The minimum absolute atomic E-state index is 1.28. The van der Waals surface area contributed by atoms with E-state index in [1.54, 1.807) is 5.92 Å². The quantitative estimate of drug-likeness (QED) is 0.518. The maximum atomic E-state index is 2.34. The largest absolute Gasteiger partial charge is 0.0616 e. The first-order valence-electron chi connectivity index (χ1n) is 6.18. The summed E-state index contributed by atoms with van der Waals surface area (Å²) in [7, 11) is 0. The van der Waals surface area contributed by atoms with E-state index in [2.05, 4.69) is 54.6 Å². The number of hydrogen-bond acceptors (Lipinski definition) is 0. The molecule has 0 atom stereocenters. The summed E-state index contributed by atoms with van der Waals surface area (Å²) in [4.78, 5) is 0. The summed E-state index contributed by atoms with van der Waals surface area (Å²) in [5, 5.41) is 5.45. The van der Waals surface area contributed by atoms with Gasteiger partial charge in [0.2, 0.25) is 0 Å². The lowest BCUT2D eigenvalue weighted by Gasteiger charge is -2.07. The van der Waals surface area contributed by atoms with E-state index < -0.39 is 0 Å². The zero-order valence-electron chi connectivity index (χ0n) is 9.61. The van der Waals surface area contributed by atoms with Crippen LogP contribution in [0.2, 0.25) is 0 Å². The van der Waals surface area contributed by atoms with Crippen LogP contribution < -0.4 is 0 Å². The Morgan fingerprint density at radius 1 is 0.647 bits per heavy atom. The summed E-state index contributed by atoms with van der Waals surface area (Å²) in [6, 6.07) is 19.9. The van der Waals surface area contributed by atoms with Crippen LogP contribution in [-0.2, 0) is 0 Å². The second-order valence-corrected chi connectivity index (χ2v) is 4.83. The first-order chi connectivity index (χ1) is 8.42. The van der Waals surface area contributed by atoms with Crippen molar-refractivity contribution in [3.8, 4) is 0 Å². The summed E-state index contributed by atoms with van der Waals surface area (Å²) in [5.74, 6) is 1.62. The Balaban J connectivity index is 2.12. The van der Waals surface area contributed by atoms with Crippen LogP contribution in [0.4, 0.5) is 0 Å². The molecule has 3 aromatic carbocycles. The van der Waals surface area contributed by atoms with Gasteiger partial charge in [0.15, 0.2) is 0 Å². The lowest BCUT2D eigenvalue weighted by Crippen LogP contribution is -1.84. The molecule has 1 aliphatic rings. The fourth-order valence-electron chi connectivity index (χ4n) is 2.61. The SMILES string of the molecule is c1ccc2cc3c([C]4CC4)cccc3cc2c1. The summed E-state index contributed by atoms with van der Waals surface area (Å²) >= 11 is 0. The van der Waals surface area contributed by atoms with Crippen LogP contribution in [0.3, 0.4) is 0 Å². The Bertz CT molecular complexity index is 705. The molecule has 0 aliphatic heterocycles. The fraction of sp³-hybridized carbons (Fsp3) is 0.118. The molecule has 3 aromatic rings. The van der Waals surface area contributed by atoms with Crippen LogP contribution in [-0.4, -0.2) is 0 Å². The molecule has 81 valence electrons. The van der Waals surface area contributed by atoms with E-state index in [0.717, 1.165) is 0 Å². The number of fused-ring (bicyclic) bond motifs is 2. The standard InChI is InChI=1S/C17H13/c1-2-5-14-11-17-15(10-13(14)4-1)6-3-7-16(17)12-8-9-12/h1-7,10-11H,8-9H2. The van der Waals surface area contributed by atoms with Gasteiger partial charge in [-0.2, -0.15) is 0 Å². The molecule has 1 saturated carbocycles. The van der Waals surface area contributed by atoms with Crippen molar-refractivity contribution in [1.29, 1.82) is 0 Å². The second kappa shape index (κ2) is 3.33. The topological polar surface area (TPSA) is 0 Å². The molecule has 0 N–H and O–H groups in total. The normalized spacial score (nSPS) is 15.5. The van der Waals surface area contributed by atoms with E-state index in [9.17, 15) is 0 Å². The maximum Gasteiger partial charge on any atom is 0.00568 e. The van der Waals surface area contributed by atoms with E-state index in [0.29, 0.717) is 0 Å². The van der Waals surface area contributed by atoms with Gasteiger partial charge in [-0.1, -0.05) is 42.5 Å². The average Bonchev–Trinajstić information content (AvgIpc) is 3.20. The van der Waals surface area contributed by atoms with Crippen LogP contribution in [0.15, 0.2) is 54.6 Å². The number of rotatable bonds is 1. The number of benzene rings is 3. The van der Waals surface area contributed by atoms with E-state index in [-0.39, 0.29) is 0 Å². The fourth-order valence-corrected chi connectivity index (χ4v) is 2.61. The first-order valence-corrected chi connectivity index (χ1v) is 6.18. The Morgan fingerprint density at radius 3 is 2.12 bits per heavy atom. The van der Waals surface area contributed by atoms with Crippen molar-refractivity contribution >= 4 is 21.5 Å². The van der Waals surface area contributed by atoms with Gasteiger partial charge in [0, 0.05) is 5.92 Å². The van der Waals surface area contributed by atoms with Crippen molar-refractivity contribution in [2.45, 2.75) is 12.8 Å². The van der Waals surface area contributed by atoms with Crippen molar-refractivity contribution in [3.63, 3.8) is 0 Å². The molecule has 1 radical (unpaired) electrons. The molecule has 0 amide bonds. The van der Waals surface area contributed by atoms with Crippen molar-refractivity contribution < 1.29 is 0 Å². The average molecular weight is 217 g/mol. The highest BCUT2D eigenvalue weighted by Gasteiger charge is 2.25. The van der Waals surface area contributed by atoms with Crippen LogP contribution in [0.5, 0.6) is 0 Å². The predicted octanol–water partition coefficient (Wildman–Crippen LogP) is 4.71. The van der Waals surface area contributed by atoms with E-state index in [4.69, 9.17) is 0 Å². The third-order valence-corrected chi connectivity index (χ3v) is 3.63. The number of hydrogen-bond donors (Lipinski definition) is 0. The Labute approximate surface area is 101 Å².